The maximum absolute atomic E-state index is 5.78. The third-order valence-electron chi connectivity index (χ3n) is 3.39. The Morgan fingerprint density at radius 1 is 0.522 bits per heavy atom. The van der Waals surface area contributed by atoms with E-state index in [1.165, 1.54) is 0 Å². The van der Waals surface area contributed by atoms with E-state index in [1.54, 1.807) is 0 Å². The van der Waals surface area contributed by atoms with E-state index in [1.807, 2.05) is 72.8 Å². The molecule has 0 unspecified atom stereocenters. The predicted molar refractivity (Wildman–Crippen MR) is 96.4 cm³/mol. The SMILES string of the molecule is c1ccc(NCCNc2ccc(Oc3ccccc3)cc2)cc1. The summed E-state index contributed by atoms with van der Waals surface area (Å²) in [6, 6.07) is 28.0. The fraction of sp³-hybridized carbons (Fsp3) is 0.100. The minimum Gasteiger partial charge on any atom is -0.457 e. The molecule has 0 radical (unpaired) electrons. The van der Waals surface area contributed by atoms with E-state index < -0.39 is 0 Å². The molecule has 2 N–H and O–H groups in total. The van der Waals surface area contributed by atoms with E-state index in [0.29, 0.717) is 0 Å². The van der Waals surface area contributed by atoms with Crippen LogP contribution in [0.4, 0.5) is 11.4 Å². The second kappa shape index (κ2) is 7.90. The van der Waals surface area contributed by atoms with Gasteiger partial charge in [0.25, 0.3) is 0 Å². The zero-order valence-electron chi connectivity index (χ0n) is 12.9. The van der Waals surface area contributed by atoms with Gasteiger partial charge >= 0.3 is 0 Å². The fourth-order valence-electron chi connectivity index (χ4n) is 2.24. The molecule has 3 rings (SSSR count). The normalized spacial score (nSPS) is 10.1. The highest BCUT2D eigenvalue weighted by atomic mass is 16.5. The Kier molecular flexibility index (Phi) is 5.14. The number of anilines is 2. The molecule has 3 heteroatoms. The molecular formula is C20H20N2O. The van der Waals surface area contributed by atoms with Crippen LogP contribution in [0.25, 0.3) is 0 Å². The molecule has 0 heterocycles. The van der Waals surface area contributed by atoms with Crippen molar-refractivity contribution in [3.05, 3.63) is 84.9 Å². The van der Waals surface area contributed by atoms with Crippen LogP contribution in [0.3, 0.4) is 0 Å². The first-order chi connectivity index (χ1) is 11.4. The minimum absolute atomic E-state index is 0.837. The van der Waals surface area contributed by atoms with Crippen molar-refractivity contribution in [2.75, 3.05) is 23.7 Å². The smallest absolute Gasteiger partial charge is 0.127 e. The predicted octanol–water partition coefficient (Wildman–Crippen LogP) is 5.00. The number of para-hydroxylation sites is 2. The van der Waals surface area contributed by atoms with Gasteiger partial charge in [0.1, 0.15) is 11.5 Å². The Bertz CT molecular complexity index is 697. The molecule has 0 aliphatic heterocycles. The highest BCUT2D eigenvalue weighted by Crippen LogP contribution is 2.22. The van der Waals surface area contributed by atoms with Crippen molar-refractivity contribution >= 4 is 11.4 Å². The average Bonchev–Trinajstić information content (AvgIpc) is 2.62. The van der Waals surface area contributed by atoms with Crippen molar-refractivity contribution in [3.8, 4) is 11.5 Å². The molecule has 0 bridgehead atoms. The summed E-state index contributed by atoms with van der Waals surface area (Å²) in [6.45, 7) is 1.72. The summed E-state index contributed by atoms with van der Waals surface area (Å²) in [7, 11) is 0. The summed E-state index contributed by atoms with van der Waals surface area (Å²) in [6.07, 6.45) is 0. The van der Waals surface area contributed by atoms with Crippen LogP contribution in [-0.2, 0) is 0 Å². The van der Waals surface area contributed by atoms with E-state index in [4.69, 9.17) is 4.74 Å². The monoisotopic (exact) mass is 304 g/mol. The lowest BCUT2D eigenvalue weighted by Crippen LogP contribution is -2.13. The van der Waals surface area contributed by atoms with Crippen LogP contribution in [0.1, 0.15) is 0 Å². The average molecular weight is 304 g/mol. The Balaban J connectivity index is 1.44. The summed E-state index contributed by atoms with van der Waals surface area (Å²) in [5, 5.41) is 6.76. The number of ether oxygens (including phenoxy) is 1. The molecule has 23 heavy (non-hydrogen) atoms. The van der Waals surface area contributed by atoms with Crippen molar-refractivity contribution in [2.24, 2.45) is 0 Å². The van der Waals surface area contributed by atoms with Crippen LogP contribution in [0.15, 0.2) is 84.9 Å². The van der Waals surface area contributed by atoms with Gasteiger partial charge in [0, 0.05) is 24.5 Å². The highest BCUT2D eigenvalue weighted by Gasteiger charge is 1.97. The maximum Gasteiger partial charge on any atom is 0.127 e. The van der Waals surface area contributed by atoms with Gasteiger partial charge in [-0.3, -0.25) is 0 Å². The zero-order valence-corrected chi connectivity index (χ0v) is 12.9. The van der Waals surface area contributed by atoms with E-state index >= 15 is 0 Å². The molecule has 0 atom stereocenters. The molecule has 0 fully saturated rings. The first kappa shape index (κ1) is 15.0. The lowest BCUT2D eigenvalue weighted by Gasteiger charge is -2.10. The quantitative estimate of drug-likeness (QED) is 0.602. The molecular weight excluding hydrogens is 284 g/mol. The van der Waals surface area contributed by atoms with Gasteiger partial charge in [-0.05, 0) is 48.5 Å². The number of hydrogen-bond donors (Lipinski definition) is 2. The molecule has 0 amide bonds. The molecule has 3 aromatic rings. The van der Waals surface area contributed by atoms with E-state index in [2.05, 4.69) is 22.8 Å². The Labute approximate surface area is 136 Å². The topological polar surface area (TPSA) is 33.3 Å². The second-order valence-corrected chi connectivity index (χ2v) is 5.16. The van der Waals surface area contributed by atoms with Crippen molar-refractivity contribution in [1.29, 1.82) is 0 Å². The van der Waals surface area contributed by atoms with Gasteiger partial charge in [0.05, 0.1) is 0 Å². The van der Waals surface area contributed by atoms with Gasteiger partial charge < -0.3 is 15.4 Å². The Morgan fingerprint density at radius 3 is 1.61 bits per heavy atom. The number of nitrogens with one attached hydrogen (secondary N) is 2. The van der Waals surface area contributed by atoms with Crippen LogP contribution in [0.2, 0.25) is 0 Å². The Morgan fingerprint density at radius 2 is 1.00 bits per heavy atom. The molecule has 116 valence electrons. The lowest BCUT2D eigenvalue weighted by atomic mass is 10.3. The van der Waals surface area contributed by atoms with Crippen LogP contribution in [0, 0.1) is 0 Å². The number of rotatable bonds is 7. The van der Waals surface area contributed by atoms with Gasteiger partial charge in [-0.25, -0.2) is 0 Å². The van der Waals surface area contributed by atoms with Crippen molar-refractivity contribution in [1.82, 2.24) is 0 Å². The molecule has 0 saturated heterocycles. The summed E-state index contributed by atoms with van der Waals surface area (Å²) in [5.41, 5.74) is 2.22. The van der Waals surface area contributed by atoms with Crippen molar-refractivity contribution in [2.45, 2.75) is 0 Å². The number of benzene rings is 3. The van der Waals surface area contributed by atoms with Crippen LogP contribution in [0.5, 0.6) is 11.5 Å². The second-order valence-electron chi connectivity index (χ2n) is 5.16. The molecule has 0 aliphatic rings. The molecule has 0 saturated carbocycles. The van der Waals surface area contributed by atoms with Gasteiger partial charge in [-0.2, -0.15) is 0 Å². The van der Waals surface area contributed by atoms with E-state index in [0.717, 1.165) is 36.0 Å². The standard InChI is InChI=1S/C20H20N2O/c1-3-7-17(8-4-1)21-15-16-22-18-11-13-20(14-12-18)23-19-9-5-2-6-10-19/h1-14,21-22H,15-16H2. The summed E-state index contributed by atoms with van der Waals surface area (Å²) >= 11 is 0. The fourth-order valence-corrected chi connectivity index (χ4v) is 2.24. The lowest BCUT2D eigenvalue weighted by molar-refractivity contribution is 0.483. The largest absolute Gasteiger partial charge is 0.457 e. The molecule has 3 nitrogen and oxygen atoms in total. The first-order valence-corrected chi connectivity index (χ1v) is 7.76. The molecule has 0 aliphatic carbocycles. The van der Waals surface area contributed by atoms with Crippen LogP contribution < -0.4 is 15.4 Å². The maximum atomic E-state index is 5.78. The van der Waals surface area contributed by atoms with E-state index in [-0.39, 0.29) is 0 Å². The molecule has 3 aromatic carbocycles. The van der Waals surface area contributed by atoms with E-state index in [9.17, 15) is 0 Å². The summed E-state index contributed by atoms with van der Waals surface area (Å²) in [5.74, 6) is 1.68. The van der Waals surface area contributed by atoms with Crippen molar-refractivity contribution < 1.29 is 4.74 Å². The van der Waals surface area contributed by atoms with Gasteiger partial charge in [-0.15, -0.1) is 0 Å². The zero-order chi connectivity index (χ0) is 15.7. The molecule has 0 spiro atoms. The minimum atomic E-state index is 0.837. The van der Waals surface area contributed by atoms with Crippen LogP contribution in [-0.4, -0.2) is 13.1 Å². The summed E-state index contributed by atoms with van der Waals surface area (Å²) < 4.78 is 5.78. The molecule has 0 aromatic heterocycles. The number of hydrogen-bond acceptors (Lipinski definition) is 3. The van der Waals surface area contributed by atoms with Gasteiger partial charge in [0.15, 0.2) is 0 Å². The third kappa shape index (κ3) is 4.78. The first-order valence-electron chi connectivity index (χ1n) is 7.76. The Hall–Kier alpha value is -2.94. The van der Waals surface area contributed by atoms with Gasteiger partial charge in [-0.1, -0.05) is 36.4 Å². The van der Waals surface area contributed by atoms with Crippen LogP contribution >= 0.6 is 0 Å². The van der Waals surface area contributed by atoms with Crippen molar-refractivity contribution in [3.63, 3.8) is 0 Å². The third-order valence-corrected chi connectivity index (χ3v) is 3.39. The van der Waals surface area contributed by atoms with Gasteiger partial charge in [0.2, 0.25) is 0 Å². The highest BCUT2D eigenvalue weighted by molar-refractivity contribution is 5.48. The summed E-state index contributed by atoms with van der Waals surface area (Å²) in [4.78, 5) is 0.